The number of ether oxygens (including phenoxy) is 1. The molecule has 31 heavy (non-hydrogen) atoms. The fraction of sp³-hybridized carbons (Fsp3) is 0.111. The van der Waals surface area contributed by atoms with Crippen LogP contribution in [0.3, 0.4) is 0 Å². The Morgan fingerprint density at radius 3 is 2.58 bits per heavy atom. The van der Waals surface area contributed by atoms with E-state index in [0.29, 0.717) is 17.0 Å². The van der Waals surface area contributed by atoms with Gasteiger partial charge in [-0.2, -0.15) is 0 Å². The Hall–Kier alpha value is -3.43. The molecule has 4 aromatic rings. The van der Waals surface area contributed by atoms with Gasteiger partial charge in [-0.1, -0.05) is 54.1 Å². The highest BCUT2D eigenvalue weighted by atomic mass is 35.5. The first-order valence-electron chi connectivity index (χ1n) is 10.2. The number of hydrogen-bond donors (Lipinski definition) is 0. The largest absolute Gasteiger partial charge is 0.497 e. The summed E-state index contributed by atoms with van der Waals surface area (Å²) in [6, 6.07) is 23.4. The highest BCUT2D eigenvalue weighted by Gasteiger charge is 2.28. The zero-order valence-corrected chi connectivity index (χ0v) is 17.8. The summed E-state index contributed by atoms with van der Waals surface area (Å²) in [5.41, 5.74) is 6.01. The van der Waals surface area contributed by atoms with Gasteiger partial charge >= 0.3 is 0 Å². The predicted octanol–water partition coefficient (Wildman–Crippen LogP) is 6.78. The molecule has 0 unspecified atom stereocenters. The van der Waals surface area contributed by atoms with Gasteiger partial charge in [0.1, 0.15) is 5.75 Å². The number of aromatic nitrogens is 1. The Balaban J connectivity index is 1.73. The average Bonchev–Trinajstić information content (AvgIpc) is 2.80. The van der Waals surface area contributed by atoms with Crippen LogP contribution in [0.1, 0.15) is 28.0 Å². The molecule has 1 aliphatic carbocycles. The Morgan fingerprint density at radius 2 is 1.77 bits per heavy atom. The van der Waals surface area contributed by atoms with Gasteiger partial charge in [-0.25, -0.2) is 0 Å². The molecule has 1 aliphatic rings. The van der Waals surface area contributed by atoms with E-state index in [-0.39, 0.29) is 5.78 Å². The predicted molar refractivity (Wildman–Crippen MR) is 126 cm³/mol. The first kappa shape index (κ1) is 19.5. The lowest BCUT2D eigenvalue weighted by atomic mass is 9.83. The number of benzene rings is 3. The van der Waals surface area contributed by atoms with Crippen molar-refractivity contribution in [2.75, 3.05) is 7.11 Å². The minimum atomic E-state index is 0.0253. The number of carbonyl (C=O) groups is 1. The Labute approximate surface area is 186 Å². The molecule has 0 spiro atoms. The molecule has 3 aromatic carbocycles. The SMILES string of the molecule is COc1cccc(/C=C2\CCc3nc4ccc(Cl)cc4c(-c4ccccc4)c3C2=O)c1. The van der Waals surface area contributed by atoms with E-state index < -0.39 is 0 Å². The summed E-state index contributed by atoms with van der Waals surface area (Å²) in [7, 11) is 1.64. The van der Waals surface area contributed by atoms with E-state index in [1.54, 1.807) is 7.11 Å². The zero-order valence-electron chi connectivity index (χ0n) is 17.1. The quantitative estimate of drug-likeness (QED) is 0.340. The van der Waals surface area contributed by atoms with Gasteiger partial charge in [0.2, 0.25) is 0 Å². The number of nitrogens with zero attached hydrogens (tertiary/aromatic N) is 1. The van der Waals surface area contributed by atoms with Crippen LogP contribution in [0.4, 0.5) is 0 Å². The topological polar surface area (TPSA) is 39.2 Å². The summed E-state index contributed by atoms with van der Waals surface area (Å²) < 4.78 is 5.33. The molecule has 4 heteroatoms. The highest BCUT2D eigenvalue weighted by molar-refractivity contribution is 6.31. The van der Waals surface area contributed by atoms with E-state index in [1.165, 1.54) is 0 Å². The second-order valence-electron chi connectivity index (χ2n) is 7.61. The average molecular weight is 426 g/mol. The van der Waals surface area contributed by atoms with Crippen LogP contribution in [-0.2, 0) is 6.42 Å². The number of fused-ring (bicyclic) bond motifs is 2. The summed E-state index contributed by atoms with van der Waals surface area (Å²) in [6.07, 6.45) is 3.34. The van der Waals surface area contributed by atoms with E-state index in [4.69, 9.17) is 21.3 Å². The van der Waals surface area contributed by atoms with Crippen LogP contribution in [0.2, 0.25) is 5.02 Å². The number of rotatable bonds is 3. The molecule has 152 valence electrons. The standard InChI is InChI=1S/C27H20ClNO2/c1-31-21-9-5-6-17(15-21)14-19-10-12-24-26(27(19)30)25(18-7-3-2-4-8-18)22-16-20(28)11-13-23(22)29-24/h2-9,11,13-16H,10,12H2,1H3/b19-14+. The van der Waals surface area contributed by atoms with Crippen molar-refractivity contribution in [3.05, 3.63) is 100 Å². The molecular weight excluding hydrogens is 406 g/mol. The Morgan fingerprint density at radius 1 is 0.935 bits per heavy atom. The van der Waals surface area contributed by atoms with E-state index in [9.17, 15) is 4.79 Å². The molecule has 0 N–H and O–H groups in total. The summed E-state index contributed by atoms with van der Waals surface area (Å²) in [6.45, 7) is 0. The monoisotopic (exact) mass is 425 g/mol. The molecule has 0 atom stereocenters. The third kappa shape index (κ3) is 3.62. The maximum absolute atomic E-state index is 13.7. The Bertz CT molecular complexity index is 1340. The maximum Gasteiger partial charge on any atom is 0.191 e. The van der Waals surface area contributed by atoms with Crippen LogP contribution in [0.5, 0.6) is 5.75 Å². The van der Waals surface area contributed by atoms with E-state index in [1.807, 2.05) is 78.9 Å². The first-order valence-corrected chi connectivity index (χ1v) is 10.6. The second-order valence-corrected chi connectivity index (χ2v) is 8.05. The maximum atomic E-state index is 13.7. The van der Waals surface area contributed by atoms with Crippen molar-refractivity contribution in [2.24, 2.45) is 0 Å². The number of halogens is 1. The van der Waals surface area contributed by atoms with Gasteiger partial charge in [0.15, 0.2) is 5.78 Å². The van der Waals surface area contributed by atoms with Crippen LogP contribution in [0.25, 0.3) is 28.1 Å². The summed E-state index contributed by atoms with van der Waals surface area (Å²) in [4.78, 5) is 18.6. The molecule has 3 nitrogen and oxygen atoms in total. The molecule has 0 amide bonds. The van der Waals surface area contributed by atoms with E-state index in [2.05, 4.69) is 0 Å². The molecule has 1 heterocycles. The fourth-order valence-corrected chi connectivity index (χ4v) is 4.39. The number of ketones is 1. The fourth-order valence-electron chi connectivity index (χ4n) is 4.21. The number of pyridine rings is 1. The smallest absolute Gasteiger partial charge is 0.191 e. The van der Waals surface area contributed by atoms with Gasteiger partial charge in [-0.15, -0.1) is 0 Å². The summed E-state index contributed by atoms with van der Waals surface area (Å²) in [5, 5.41) is 1.52. The van der Waals surface area contributed by atoms with Crippen LogP contribution < -0.4 is 4.74 Å². The minimum Gasteiger partial charge on any atom is -0.497 e. The van der Waals surface area contributed by atoms with Gasteiger partial charge in [0.05, 0.1) is 23.9 Å². The number of methoxy groups -OCH3 is 1. The van der Waals surface area contributed by atoms with E-state index >= 15 is 0 Å². The number of Topliss-reactive ketones (excluding diaryl/α,β-unsaturated/α-hetero) is 1. The third-order valence-electron chi connectivity index (χ3n) is 5.67. The molecular formula is C27H20ClNO2. The molecule has 0 bridgehead atoms. The van der Waals surface area contributed by atoms with Crippen molar-refractivity contribution >= 4 is 34.4 Å². The lowest BCUT2D eigenvalue weighted by Gasteiger charge is -2.22. The number of hydrogen-bond acceptors (Lipinski definition) is 3. The minimum absolute atomic E-state index is 0.0253. The van der Waals surface area contributed by atoms with Gasteiger partial charge < -0.3 is 4.74 Å². The molecule has 0 saturated heterocycles. The van der Waals surface area contributed by atoms with Crippen molar-refractivity contribution in [3.8, 4) is 16.9 Å². The third-order valence-corrected chi connectivity index (χ3v) is 5.90. The van der Waals surface area contributed by atoms with Gasteiger partial charge in [-0.05, 0) is 60.4 Å². The molecule has 5 rings (SSSR count). The number of aryl methyl sites for hydroxylation is 1. The summed E-state index contributed by atoms with van der Waals surface area (Å²) in [5.74, 6) is 0.794. The van der Waals surface area contributed by atoms with Crippen molar-refractivity contribution in [1.29, 1.82) is 0 Å². The van der Waals surface area contributed by atoms with Crippen molar-refractivity contribution in [3.63, 3.8) is 0 Å². The Kier molecular flexibility index (Phi) is 5.05. The van der Waals surface area contributed by atoms with Crippen molar-refractivity contribution < 1.29 is 9.53 Å². The second kappa shape index (κ2) is 8.01. The number of carbonyl (C=O) groups excluding carboxylic acids is 1. The molecule has 0 radical (unpaired) electrons. The van der Waals surface area contributed by atoms with Crippen LogP contribution >= 0.6 is 11.6 Å². The lowest BCUT2D eigenvalue weighted by Crippen LogP contribution is -2.17. The lowest BCUT2D eigenvalue weighted by molar-refractivity contribution is 0.102. The van der Waals surface area contributed by atoms with Crippen molar-refractivity contribution in [1.82, 2.24) is 4.98 Å². The molecule has 0 saturated carbocycles. The van der Waals surface area contributed by atoms with Crippen LogP contribution in [0.15, 0.2) is 78.4 Å². The summed E-state index contributed by atoms with van der Waals surface area (Å²) >= 11 is 6.33. The van der Waals surface area contributed by atoms with Gasteiger partial charge in [0, 0.05) is 21.5 Å². The molecule has 1 aromatic heterocycles. The number of allylic oxidation sites excluding steroid dienone is 1. The zero-order chi connectivity index (χ0) is 21.4. The van der Waals surface area contributed by atoms with Gasteiger partial charge in [0.25, 0.3) is 0 Å². The first-order chi connectivity index (χ1) is 15.1. The van der Waals surface area contributed by atoms with Crippen LogP contribution in [-0.4, -0.2) is 17.9 Å². The molecule has 0 aliphatic heterocycles. The van der Waals surface area contributed by atoms with E-state index in [0.717, 1.165) is 51.0 Å². The van der Waals surface area contributed by atoms with Crippen molar-refractivity contribution in [2.45, 2.75) is 12.8 Å². The van der Waals surface area contributed by atoms with Gasteiger partial charge in [-0.3, -0.25) is 9.78 Å². The van der Waals surface area contributed by atoms with Crippen LogP contribution in [0, 0.1) is 0 Å². The molecule has 0 fully saturated rings. The highest BCUT2D eigenvalue weighted by Crippen LogP contribution is 2.39. The normalized spacial score (nSPS) is 14.6.